The van der Waals surface area contributed by atoms with E-state index in [1.54, 1.807) is 0 Å². The fourth-order valence-electron chi connectivity index (χ4n) is 2.61. The van der Waals surface area contributed by atoms with Gasteiger partial charge in [0.1, 0.15) is 0 Å². The third-order valence-electron chi connectivity index (χ3n) is 3.52. The molecule has 5 radical (unpaired) electrons. The molecule has 0 aliphatic rings. The van der Waals surface area contributed by atoms with Crippen LogP contribution in [0.25, 0.3) is 21.5 Å². The molecule has 2 heteroatoms. The van der Waals surface area contributed by atoms with Gasteiger partial charge in [-0.2, -0.15) is 18.6 Å². The molecule has 4 aromatic carbocycles. The Balaban J connectivity index is 0.000000374. The van der Waals surface area contributed by atoms with E-state index < -0.39 is 0 Å². The summed E-state index contributed by atoms with van der Waals surface area (Å²) >= 11 is 0. The first-order valence-electron chi connectivity index (χ1n) is 8.17. The van der Waals surface area contributed by atoms with Gasteiger partial charge in [0.05, 0.1) is 0 Å². The van der Waals surface area contributed by atoms with Crippen molar-refractivity contribution in [2.75, 3.05) is 0 Å². The molecule has 0 aromatic heterocycles. The molecule has 4 rings (SSSR count). The van der Waals surface area contributed by atoms with Crippen LogP contribution in [0.15, 0.2) is 72.8 Å². The molecule has 0 atom stereocenters. The minimum Gasteiger partial charge on any atom is -0.344 e. The second kappa shape index (κ2) is 12.2. The molecule has 0 spiro atoms. The molecule has 125 valence electrons. The topological polar surface area (TPSA) is 0 Å². The van der Waals surface area contributed by atoms with Crippen LogP contribution in [0, 0.1) is 20.8 Å². The molecule has 0 bridgehead atoms. The molecule has 0 unspecified atom stereocenters. The van der Waals surface area contributed by atoms with E-state index >= 15 is 0 Å². The van der Waals surface area contributed by atoms with Crippen LogP contribution in [0.1, 0.15) is 24.5 Å². The third kappa shape index (κ3) is 7.26. The number of aryl methyl sites for hydroxylation is 2. The molecular weight excluding hydrogens is 396 g/mol. The summed E-state index contributed by atoms with van der Waals surface area (Å²) in [5.41, 5.74) is 2.70. The van der Waals surface area contributed by atoms with Crippen molar-refractivity contribution in [3.8, 4) is 0 Å². The molecule has 0 heterocycles. The Labute approximate surface area is 176 Å². The zero-order valence-corrected chi connectivity index (χ0v) is 18.8. The van der Waals surface area contributed by atoms with Crippen molar-refractivity contribution in [2.45, 2.75) is 27.2 Å². The van der Waals surface area contributed by atoms with Gasteiger partial charge in [0.15, 0.2) is 0 Å². The molecule has 25 heavy (non-hydrogen) atoms. The van der Waals surface area contributed by atoms with E-state index in [1.165, 1.54) is 32.7 Å². The predicted octanol–water partition coefficient (Wildman–Crippen LogP) is 6.58. The Morgan fingerprint density at radius 1 is 0.760 bits per heavy atom. The molecule has 0 saturated heterocycles. The minimum absolute atomic E-state index is 0. The number of fused-ring (bicyclic) bond motifs is 2. The Kier molecular flexibility index (Phi) is 11.6. The summed E-state index contributed by atoms with van der Waals surface area (Å²) in [6, 6.07) is 25.7. The van der Waals surface area contributed by atoms with E-state index in [0.29, 0.717) is 0 Å². The summed E-state index contributed by atoms with van der Waals surface area (Å²) in [7, 11) is 0. The molecular formula is C23H25SiZr. The summed E-state index contributed by atoms with van der Waals surface area (Å²) in [5.74, 6) is 0. The molecule has 0 nitrogen and oxygen atoms in total. The Morgan fingerprint density at radius 2 is 1.08 bits per heavy atom. The first-order valence-corrected chi connectivity index (χ1v) is 8.17. The maximum atomic E-state index is 3.49. The third-order valence-corrected chi connectivity index (χ3v) is 3.52. The van der Waals surface area contributed by atoms with Crippen LogP contribution in [0.3, 0.4) is 0 Å². The van der Waals surface area contributed by atoms with Crippen LogP contribution in [-0.2, 0) is 26.2 Å². The van der Waals surface area contributed by atoms with Crippen LogP contribution in [0.4, 0.5) is 0 Å². The van der Waals surface area contributed by atoms with Crippen molar-refractivity contribution in [3.63, 3.8) is 0 Å². The van der Waals surface area contributed by atoms with Gasteiger partial charge in [0.25, 0.3) is 0 Å². The molecule has 0 aliphatic carbocycles. The van der Waals surface area contributed by atoms with Gasteiger partial charge in [0, 0.05) is 11.0 Å². The zero-order valence-electron chi connectivity index (χ0n) is 15.3. The van der Waals surface area contributed by atoms with E-state index in [0.717, 1.165) is 6.42 Å². The van der Waals surface area contributed by atoms with Crippen LogP contribution in [0.5, 0.6) is 0 Å². The van der Waals surface area contributed by atoms with E-state index in [4.69, 9.17) is 0 Å². The van der Waals surface area contributed by atoms with E-state index in [2.05, 4.69) is 93.6 Å². The van der Waals surface area contributed by atoms with Crippen LogP contribution >= 0.6 is 0 Å². The smallest absolute Gasteiger partial charge is 0.344 e. The van der Waals surface area contributed by atoms with Crippen LogP contribution in [0.2, 0.25) is 0 Å². The van der Waals surface area contributed by atoms with Gasteiger partial charge in [-0.05, 0) is 0 Å². The number of hydrogen-bond donors (Lipinski definition) is 0. The number of hydrogen-bond acceptors (Lipinski definition) is 0. The SMILES string of the molecule is Cc1cc2ccccc2[cH-]1.Cc1cc2ccccc2[cH-]1.[CH2-]CC.[Si].[Zr+3]. The van der Waals surface area contributed by atoms with Gasteiger partial charge in [-0.25, -0.2) is 0 Å². The molecule has 0 aliphatic heterocycles. The van der Waals surface area contributed by atoms with Gasteiger partial charge in [-0.3, -0.25) is 0 Å². The van der Waals surface area contributed by atoms with Gasteiger partial charge < -0.3 is 6.92 Å². The number of benzene rings is 2. The Hall–Kier alpha value is -1.24. The first kappa shape index (κ1) is 23.8. The van der Waals surface area contributed by atoms with E-state index in [9.17, 15) is 0 Å². The molecule has 0 N–H and O–H groups in total. The monoisotopic (exact) mass is 419 g/mol. The van der Waals surface area contributed by atoms with E-state index in [1.807, 2.05) is 6.92 Å². The number of rotatable bonds is 0. The van der Waals surface area contributed by atoms with Crippen LogP contribution < -0.4 is 0 Å². The summed E-state index contributed by atoms with van der Waals surface area (Å²) in [6.07, 6.45) is 1.00. The van der Waals surface area contributed by atoms with Crippen molar-refractivity contribution in [2.24, 2.45) is 0 Å². The molecule has 0 amide bonds. The summed E-state index contributed by atoms with van der Waals surface area (Å²) in [5, 5.41) is 5.39. The van der Waals surface area contributed by atoms with Crippen molar-refractivity contribution < 1.29 is 26.2 Å². The van der Waals surface area contributed by atoms with Gasteiger partial charge >= 0.3 is 26.2 Å². The summed E-state index contributed by atoms with van der Waals surface area (Å²) in [6.45, 7) is 9.75. The molecule has 0 fully saturated rings. The molecule has 4 aromatic rings. The fourth-order valence-corrected chi connectivity index (χ4v) is 2.61. The fraction of sp³-hybridized carbons (Fsp3) is 0.174. The van der Waals surface area contributed by atoms with Crippen molar-refractivity contribution >= 4 is 32.5 Å². The Morgan fingerprint density at radius 3 is 1.40 bits per heavy atom. The largest absolute Gasteiger partial charge is 3.00 e. The maximum absolute atomic E-state index is 3.49. The van der Waals surface area contributed by atoms with Crippen molar-refractivity contribution in [1.29, 1.82) is 0 Å². The van der Waals surface area contributed by atoms with Gasteiger partial charge in [0.2, 0.25) is 0 Å². The quantitative estimate of drug-likeness (QED) is 0.222. The second-order valence-electron chi connectivity index (χ2n) is 5.82. The van der Waals surface area contributed by atoms with Gasteiger partial charge in [-0.1, -0.05) is 32.9 Å². The van der Waals surface area contributed by atoms with Crippen molar-refractivity contribution in [1.82, 2.24) is 0 Å². The van der Waals surface area contributed by atoms with E-state index in [-0.39, 0.29) is 37.2 Å². The summed E-state index contributed by atoms with van der Waals surface area (Å²) < 4.78 is 0. The molecule has 0 saturated carbocycles. The standard InChI is InChI=1S/2C10H9.C3H7.Si.Zr/c2*1-8-6-9-4-2-3-5-10(9)7-8;1-3-2;;/h2*2-7H,1H3;1,3H2,2H3;;/q3*-1;;+3. The minimum atomic E-state index is 0. The Bertz CT molecular complexity index is 716. The van der Waals surface area contributed by atoms with Crippen molar-refractivity contribution in [3.05, 3.63) is 90.8 Å². The average Bonchev–Trinajstić information content (AvgIpc) is 3.08. The van der Waals surface area contributed by atoms with Crippen LogP contribution in [-0.4, -0.2) is 11.0 Å². The maximum Gasteiger partial charge on any atom is 3.00 e. The first-order chi connectivity index (χ1) is 11.1. The average molecular weight is 421 g/mol. The second-order valence-corrected chi connectivity index (χ2v) is 5.82. The normalized spacial score (nSPS) is 9.12. The predicted molar refractivity (Wildman–Crippen MR) is 110 cm³/mol. The summed E-state index contributed by atoms with van der Waals surface area (Å²) in [4.78, 5) is 0. The zero-order chi connectivity index (χ0) is 16.7. The van der Waals surface area contributed by atoms with Gasteiger partial charge in [-0.15, -0.1) is 81.2 Å².